The maximum Gasteiger partial charge on any atom is 0.134 e. The fraction of sp³-hybridized carbons (Fsp3) is 0.0200. The Balaban J connectivity index is 1.09. The molecule has 1 atom stereocenters. The van der Waals surface area contributed by atoms with Crippen LogP contribution in [0, 0.1) is 0 Å². The molecule has 11 aromatic rings. The van der Waals surface area contributed by atoms with Crippen LogP contribution in [0.5, 0.6) is 0 Å². The van der Waals surface area contributed by atoms with Gasteiger partial charge in [-0.1, -0.05) is 115 Å². The van der Waals surface area contributed by atoms with Crippen molar-refractivity contribution in [1.29, 1.82) is 0 Å². The van der Waals surface area contributed by atoms with Gasteiger partial charge in [0.25, 0.3) is 0 Å². The third-order valence-corrected chi connectivity index (χ3v) is 12.2. The van der Waals surface area contributed by atoms with Crippen molar-refractivity contribution in [3.8, 4) is 28.2 Å². The summed E-state index contributed by atoms with van der Waals surface area (Å²) < 4.78 is 7.28. The van der Waals surface area contributed by atoms with Crippen LogP contribution in [0.2, 0.25) is 0 Å². The van der Waals surface area contributed by atoms with Crippen LogP contribution in [0.25, 0.3) is 82.8 Å². The Morgan fingerprint density at radius 3 is 1.61 bits per heavy atom. The van der Waals surface area contributed by atoms with Crippen LogP contribution in [0.1, 0.15) is 22.5 Å². The summed E-state index contributed by atoms with van der Waals surface area (Å²) in [6.45, 7) is 0. The highest BCUT2D eigenvalue weighted by Crippen LogP contribution is 2.60. The monoisotopic (exact) mass is 686 g/mol. The lowest BCUT2D eigenvalue weighted by atomic mass is 9.73. The molecule has 1 unspecified atom stereocenters. The molecule has 1 aliphatic heterocycles. The highest BCUT2D eigenvalue weighted by atomic mass is 15.1. The fourth-order valence-electron chi connectivity index (χ4n) is 10.1. The lowest BCUT2D eigenvalue weighted by Crippen LogP contribution is -2.27. The number of hydrogen-bond acceptors (Lipinski definition) is 1. The van der Waals surface area contributed by atoms with Crippen molar-refractivity contribution in [3.63, 3.8) is 0 Å². The molecule has 2 aliphatic rings. The van der Waals surface area contributed by atoms with Crippen molar-refractivity contribution in [2.45, 2.75) is 5.41 Å². The summed E-state index contributed by atoms with van der Waals surface area (Å²) in [5, 5.41) is 5.01. The summed E-state index contributed by atoms with van der Waals surface area (Å²) in [6.07, 6.45) is 0. The molecule has 1 aliphatic carbocycles. The van der Waals surface area contributed by atoms with Gasteiger partial charge in [-0.05, 0) is 94.5 Å². The van der Waals surface area contributed by atoms with Crippen LogP contribution >= 0.6 is 0 Å². The standard InChI is InChI=1S/C50H30N4/c1-5-17-39-33(13-1)34-27-25-32(30-41(34)50(39)40-18-6-11-23-47(40)54-48-24-12-7-19-42(48)51-49(50)54)53-45-22-10-4-16-37(45)38-29-31(26-28-46(38)53)52-43-20-8-2-14-35(43)36-15-3-9-21-44(36)52/h1-30H. The summed E-state index contributed by atoms with van der Waals surface area (Å²) in [5.41, 5.74) is 16.3. The van der Waals surface area contributed by atoms with Gasteiger partial charge in [0.15, 0.2) is 0 Å². The predicted molar refractivity (Wildman–Crippen MR) is 221 cm³/mol. The Morgan fingerprint density at radius 1 is 0.352 bits per heavy atom. The summed E-state index contributed by atoms with van der Waals surface area (Å²) in [4.78, 5) is 5.46. The number of benzene rings is 8. The molecule has 0 saturated heterocycles. The molecule has 0 radical (unpaired) electrons. The second-order valence-electron chi connectivity index (χ2n) is 14.7. The topological polar surface area (TPSA) is 27.7 Å². The van der Waals surface area contributed by atoms with Gasteiger partial charge >= 0.3 is 0 Å². The number of fused-ring (bicyclic) bond motifs is 18. The average Bonchev–Trinajstić information content (AvgIpc) is 4.01. The van der Waals surface area contributed by atoms with Gasteiger partial charge in [0.05, 0.1) is 38.8 Å². The molecule has 4 heterocycles. The van der Waals surface area contributed by atoms with Gasteiger partial charge < -0.3 is 9.13 Å². The molecule has 13 rings (SSSR count). The quantitative estimate of drug-likeness (QED) is 0.178. The van der Waals surface area contributed by atoms with E-state index in [0.29, 0.717) is 0 Å². The molecule has 0 bridgehead atoms. The molecule has 0 fully saturated rings. The minimum Gasteiger partial charge on any atom is -0.309 e. The SMILES string of the molecule is c1ccc2c(c1)-c1ccc(-n3c4ccccc4c4cc(-n5c6ccccc6c6ccccc65)ccc43)cc1C21c2ccccc2-n2c1nc1ccccc12. The molecule has 54 heavy (non-hydrogen) atoms. The zero-order valence-electron chi connectivity index (χ0n) is 29.1. The van der Waals surface area contributed by atoms with E-state index in [-0.39, 0.29) is 0 Å². The number of imidazole rings is 1. The molecule has 3 aromatic heterocycles. The molecular weight excluding hydrogens is 657 g/mol. The Kier molecular flexibility index (Phi) is 5.28. The highest BCUT2D eigenvalue weighted by molar-refractivity contribution is 6.12. The number of nitrogens with zero attached hydrogens (tertiary/aromatic N) is 4. The number of aromatic nitrogens is 4. The molecule has 4 heteroatoms. The van der Waals surface area contributed by atoms with E-state index in [1.54, 1.807) is 0 Å². The van der Waals surface area contributed by atoms with Gasteiger partial charge in [0, 0.05) is 32.9 Å². The van der Waals surface area contributed by atoms with Crippen molar-refractivity contribution in [3.05, 3.63) is 205 Å². The molecule has 4 nitrogen and oxygen atoms in total. The van der Waals surface area contributed by atoms with Crippen molar-refractivity contribution >= 4 is 54.6 Å². The summed E-state index contributed by atoms with van der Waals surface area (Å²) in [5.74, 6) is 1.06. The molecule has 0 saturated carbocycles. The first kappa shape index (κ1) is 28.4. The van der Waals surface area contributed by atoms with E-state index in [1.807, 2.05) is 0 Å². The van der Waals surface area contributed by atoms with Crippen LogP contribution in [-0.4, -0.2) is 18.7 Å². The van der Waals surface area contributed by atoms with Crippen molar-refractivity contribution in [2.75, 3.05) is 0 Å². The zero-order valence-corrected chi connectivity index (χ0v) is 29.1. The van der Waals surface area contributed by atoms with Crippen molar-refractivity contribution in [2.24, 2.45) is 0 Å². The van der Waals surface area contributed by atoms with Gasteiger partial charge in [-0.2, -0.15) is 0 Å². The Hall–Kier alpha value is -7.17. The Bertz CT molecular complexity index is 3360. The van der Waals surface area contributed by atoms with Crippen LogP contribution < -0.4 is 0 Å². The van der Waals surface area contributed by atoms with E-state index in [1.165, 1.54) is 77.1 Å². The zero-order chi connectivity index (χ0) is 35.1. The molecule has 0 amide bonds. The molecule has 1 spiro atoms. The van der Waals surface area contributed by atoms with Crippen molar-refractivity contribution < 1.29 is 0 Å². The second-order valence-corrected chi connectivity index (χ2v) is 14.7. The summed E-state index contributed by atoms with van der Waals surface area (Å²) in [6, 6.07) is 66.8. The first-order valence-electron chi connectivity index (χ1n) is 18.6. The second kappa shape index (κ2) is 10.0. The number of para-hydroxylation sites is 6. The summed E-state index contributed by atoms with van der Waals surface area (Å²) in [7, 11) is 0. The van der Waals surface area contributed by atoms with E-state index >= 15 is 0 Å². The smallest absolute Gasteiger partial charge is 0.134 e. The third kappa shape index (κ3) is 3.33. The van der Waals surface area contributed by atoms with Crippen LogP contribution in [0.15, 0.2) is 182 Å². The first-order valence-corrected chi connectivity index (χ1v) is 18.6. The molecule has 0 N–H and O–H groups in total. The molecule has 250 valence electrons. The van der Waals surface area contributed by atoms with E-state index in [4.69, 9.17) is 4.98 Å². The Labute approximate surface area is 310 Å². The van der Waals surface area contributed by atoms with E-state index in [9.17, 15) is 0 Å². The minimum absolute atomic E-state index is 0.556. The van der Waals surface area contributed by atoms with Gasteiger partial charge in [0.2, 0.25) is 0 Å². The summed E-state index contributed by atoms with van der Waals surface area (Å²) >= 11 is 0. The van der Waals surface area contributed by atoms with Crippen molar-refractivity contribution in [1.82, 2.24) is 18.7 Å². The molecule has 8 aromatic carbocycles. The van der Waals surface area contributed by atoms with E-state index < -0.39 is 5.41 Å². The van der Waals surface area contributed by atoms with Gasteiger partial charge in [-0.25, -0.2) is 4.98 Å². The van der Waals surface area contributed by atoms with Gasteiger partial charge in [0.1, 0.15) is 11.2 Å². The minimum atomic E-state index is -0.556. The lowest BCUT2D eigenvalue weighted by molar-refractivity contribution is 0.737. The Morgan fingerprint density at radius 2 is 0.870 bits per heavy atom. The van der Waals surface area contributed by atoms with Gasteiger partial charge in [-0.15, -0.1) is 0 Å². The van der Waals surface area contributed by atoms with Crippen LogP contribution in [-0.2, 0) is 5.41 Å². The van der Waals surface area contributed by atoms with E-state index in [0.717, 1.165) is 28.2 Å². The van der Waals surface area contributed by atoms with Gasteiger partial charge in [-0.3, -0.25) is 4.57 Å². The maximum atomic E-state index is 5.46. The average molecular weight is 687 g/mol. The normalized spacial score (nSPS) is 15.5. The van der Waals surface area contributed by atoms with E-state index in [2.05, 4.69) is 196 Å². The predicted octanol–water partition coefficient (Wildman–Crippen LogP) is 11.9. The third-order valence-electron chi connectivity index (χ3n) is 12.2. The van der Waals surface area contributed by atoms with Crippen LogP contribution in [0.4, 0.5) is 0 Å². The number of hydrogen-bond donors (Lipinski definition) is 0. The largest absolute Gasteiger partial charge is 0.309 e. The number of rotatable bonds is 2. The lowest BCUT2D eigenvalue weighted by Gasteiger charge is -2.27. The molecular formula is C50H30N4. The fourth-order valence-corrected chi connectivity index (χ4v) is 10.1. The highest BCUT2D eigenvalue weighted by Gasteiger charge is 2.54. The maximum absolute atomic E-state index is 5.46. The van der Waals surface area contributed by atoms with Crippen LogP contribution in [0.3, 0.4) is 0 Å². The first-order chi connectivity index (χ1) is 26.8.